The normalized spacial score (nSPS) is 24.9. The highest BCUT2D eigenvalue weighted by Crippen LogP contribution is 2.53. The summed E-state index contributed by atoms with van der Waals surface area (Å²) in [6, 6.07) is 8.78. The Morgan fingerprint density at radius 1 is 1.06 bits per heavy atom. The number of hydrogen-bond donors (Lipinski definition) is 1. The lowest BCUT2D eigenvalue weighted by Crippen LogP contribution is -2.56. The number of likely N-dealkylation sites (tertiary alicyclic amines) is 1. The average molecular weight is 532 g/mol. The molecule has 2 aliphatic heterocycles. The van der Waals surface area contributed by atoms with E-state index in [1.165, 1.54) is 26.4 Å². The number of ether oxygens (including phenoxy) is 3. The van der Waals surface area contributed by atoms with Crippen molar-refractivity contribution < 1.29 is 28.9 Å². The zero-order valence-electron chi connectivity index (χ0n) is 20.3. The summed E-state index contributed by atoms with van der Waals surface area (Å²) < 4.78 is 16.8. The molecular weight excluding hydrogens is 505 g/mol. The van der Waals surface area contributed by atoms with Crippen LogP contribution in [0, 0.1) is 5.92 Å². The number of hydrogen-bond acceptors (Lipinski definition) is 7. The fraction of sp³-hybridized carbons (Fsp3) is 0.407. The number of benzene rings is 2. The van der Waals surface area contributed by atoms with Crippen LogP contribution in [0.4, 0.5) is 0 Å². The lowest BCUT2D eigenvalue weighted by molar-refractivity contribution is -0.129. The van der Waals surface area contributed by atoms with Gasteiger partial charge in [0.15, 0.2) is 5.75 Å². The molecule has 36 heavy (non-hydrogen) atoms. The van der Waals surface area contributed by atoms with Gasteiger partial charge in [0, 0.05) is 41.9 Å². The van der Waals surface area contributed by atoms with Crippen molar-refractivity contribution in [1.29, 1.82) is 0 Å². The molecule has 1 spiro atoms. The van der Waals surface area contributed by atoms with E-state index in [4.69, 9.17) is 37.4 Å². The summed E-state index contributed by atoms with van der Waals surface area (Å²) in [5.74, 6) is -0.670. The number of halogens is 2. The molecule has 0 bridgehead atoms. The number of carbonyl (C=O) groups excluding carboxylic acids is 2. The number of rotatable bonds is 4. The van der Waals surface area contributed by atoms with Crippen molar-refractivity contribution in [2.24, 2.45) is 5.92 Å². The van der Waals surface area contributed by atoms with Crippen LogP contribution in [0.25, 0.3) is 0 Å². The van der Waals surface area contributed by atoms with Gasteiger partial charge in [0.1, 0.15) is 22.1 Å². The second-order valence-corrected chi connectivity index (χ2v) is 10.4. The van der Waals surface area contributed by atoms with Gasteiger partial charge >= 0.3 is 0 Å². The van der Waals surface area contributed by atoms with Gasteiger partial charge in [-0.15, -0.1) is 0 Å². The monoisotopic (exact) mass is 531 g/mol. The van der Waals surface area contributed by atoms with E-state index < -0.39 is 28.7 Å². The smallest absolute Gasteiger partial charge is 0.236 e. The molecule has 190 valence electrons. The fourth-order valence-corrected chi connectivity index (χ4v) is 5.93. The summed E-state index contributed by atoms with van der Waals surface area (Å²) in [5, 5.41) is 12.0. The number of nitrogens with zero attached hydrogens (tertiary/aromatic N) is 1. The minimum Gasteiger partial charge on any atom is -0.496 e. The van der Waals surface area contributed by atoms with E-state index in [0.29, 0.717) is 43.1 Å². The van der Waals surface area contributed by atoms with E-state index in [1.807, 2.05) is 19.1 Å². The number of allylic oxidation sites excluding steroid dienone is 1. The number of fused-ring (bicyclic) bond motifs is 1. The highest BCUT2D eigenvalue weighted by molar-refractivity contribution is 6.36. The van der Waals surface area contributed by atoms with Crippen LogP contribution in [0.3, 0.4) is 0 Å². The molecule has 1 N–H and O–H groups in total. The lowest BCUT2D eigenvalue weighted by Gasteiger charge is -2.43. The quantitative estimate of drug-likeness (QED) is 0.567. The van der Waals surface area contributed by atoms with Crippen LogP contribution in [0.5, 0.6) is 17.2 Å². The molecule has 2 aromatic rings. The predicted octanol–water partition coefficient (Wildman–Crippen LogP) is 4.80. The summed E-state index contributed by atoms with van der Waals surface area (Å²) in [6.45, 7) is 2.98. The summed E-state index contributed by atoms with van der Waals surface area (Å²) in [4.78, 5) is 29.4. The molecule has 2 unspecified atom stereocenters. The molecule has 7 nitrogen and oxygen atoms in total. The summed E-state index contributed by atoms with van der Waals surface area (Å²) in [5.41, 5.74) is -0.831. The minimum absolute atomic E-state index is 0.112. The molecule has 1 saturated heterocycles. The SMILES string of the molecule is COc1cc(OC)c2c(c1Cl)OC1(C(=O)C=C(N3CCC(O)(c4ccc(Cl)cc4)CC3)CC1C)C2=O. The molecule has 9 heteroatoms. The molecule has 5 rings (SSSR count). The summed E-state index contributed by atoms with van der Waals surface area (Å²) in [7, 11) is 2.89. The Bertz CT molecular complexity index is 1270. The van der Waals surface area contributed by atoms with E-state index in [2.05, 4.69) is 4.90 Å². The van der Waals surface area contributed by atoms with E-state index in [9.17, 15) is 14.7 Å². The van der Waals surface area contributed by atoms with Gasteiger partial charge in [-0.05, 0) is 37.0 Å². The van der Waals surface area contributed by atoms with Crippen molar-refractivity contribution in [3.05, 3.63) is 63.3 Å². The summed E-state index contributed by atoms with van der Waals surface area (Å²) >= 11 is 12.5. The molecule has 0 radical (unpaired) electrons. The van der Waals surface area contributed by atoms with Crippen molar-refractivity contribution in [2.75, 3.05) is 27.3 Å². The van der Waals surface area contributed by atoms with Crippen LogP contribution in [0.15, 0.2) is 42.1 Å². The number of Topliss-reactive ketones (excluding diaryl/α,β-unsaturated/α-hetero) is 1. The topological polar surface area (TPSA) is 85.3 Å². The van der Waals surface area contributed by atoms with Crippen LogP contribution in [-0.2, 0) is 10.4 Å². The van der Waals surface area contributed by atoms with E-state index in [-0.39, 0.29) is 22.1 Å². The zero-order valence-corrected chi connectivity index (χ0v) is 21.8. The first-order chi connectivity index (χ1) is 17.1. The van der Waals surface area contributed by atoms with E-state index in [0.717, 1.165) is 11.3 Å². The second-order valence-electron chi connectivity index (χ2n) is 9.60. The lowest BCUT2D eigenvalue weighted by atomic mass is 9.73. The molecule has 2 atom stereocenters. The molecule has 1 aliphatic carbocycles. The number of carbonyl (C=O) groups is 2. The Balaban J connectivity index is 1.40. The maximum atomic E-state index is 13.7. The Morgan fingerprint density at radius 2 is 1.69 bits per heavy atom. The number of aliphatic hydroxyl groups is 1. The number of piperidine rings is 1. The van der Waals surface area contributed by atoms with Gasteiger partial charge in [-0.3, -0.25) is 9.59 Å². The van der Waals surface area contributed by atoms with Crippen molar-refractivity contribution >= 4 is 34.8 Å². The van der Waals surface area contributed by atoms with Gasteiger partial charge in [-0.25, -0.2) is 0 Å². The molecule has 0 amide bonds. The zero-order chi connectivity index (χ0) is 25.8. The molecule has 1 fully saturated rings. The van der Waals surface area contributed by atoms with Crippen molar-refractivity contribution in [3.63, 3.8) is 0 Å². The van der Waals surface area contributed by atoms with Gasteiger partial charge in [-0.2, -0.15) is 0 Å². The maximum Gasteiger partial charge on any atom is 0.236 e. The molecule has 0 saturated carbocycles. The molecular formula is C27H27Cl2NO6. The highest BCUT2D eigenvalue weighted by Gasteiger charge is 2.60. The van der Waals surface area contributed by atoms with E-state index in [1.54, 1.807) is 12.1 Å². The Hall–Kier alpha value is -2.74. The first-order valence-electron chi connectivity index (χ1n) is 11.8. The van der Waals surface area contributed by atoms with E-state index >= 15 is 0 Å². The predicted molar refractivity (Wildman–Crippen MR) is 135 cm³/mol. The van der Waals surface area contributed by atoms with Crippen molar-refractivity contribution in [3.8, 4) is 17.2 Å². The highest BCUT2D eigenvalue weighted by atomic mass is 35.5. The van der Waals surface area contributed by atoms with Crippen molar-refractivity contribution in [1.82, 2.24) is 4.90 Å². The van der Waals surface area contributed by atoms with Gasteiger partial charge in [0.2, 0.25) is 17.2 Å². The van der Waals surface area contributed by atoms with Gasteiger partial charge in [0.05, 0.1) is 19.8 Å². The van der Waals surface area contributed by atoms with Gasteiger partial charge in [-0.1, -0.05) is 42.3 Å². The number of methoxy groups -OCH3 is 2. The Morgan fingerprint density at radius 3 is 2.28 bits per heavy atom. The first kappa shape index (κ1) is 24.9. The first-order valence-corrected chi connectivity index (χ1v) is 12.6. The van der Waals surface area contributed by atoms with Crippen LogP contribution in [-0.4, -0.2) is 54.5 Å². The minimum atomic E-state index is -1.70. The average Bonchev–Trinajstić information content (AvgIpc) is 3.18. The number of ketones is 2. The third-order valence-electron chi connectivity index (χ3n) is 7.67. The maximum absolute atomic E-state index is 13.7. The van der Waals surface area contributed by atoms with Crippen LogP contribution in [0.2, 0.25) is 10.0 Å². The van der Waals surface area contributed by atoms with Crippen LogP contribution in [0.1, 0.15) is 42.1 Å². The molecule has 0 aromatic heterocycles. The second kappa shape index (κ2) is 8.98. The van der Waals surface area contributed by atoms with Crippen LogP contribution >= 0.6 is 23.2 Å². The summed E-state index contributed by atoms with van der Waals surface area (Å²) in [6.07, 6.45) is 2.98. The molecule has 2 heterocycles. The standard InChI is InChI=1S/C27H27Cl2NO6/c1-15-12-18(30-10-8-26(33,9-11-30)16-4-6-17(28)7-5-16)13-21(31)27(15)25(32)22-19(34-2)14-20(35-3)23(29)24(22)36-27/h4-7,13-15,33H,8-12H2,1-3H3. The molecule has 3 aliphatic rings. The van der Waals surface area contributed by atoms with Gasteiger partial charge < -0.3 is 24.2 Å². The fourth-order valence-electron chi connectivity index (χ4n) is 5.54. The third kappa shape index (κ3) is 3.67. The largest absolute Gasteiger partial charge is 0.496 e. The Labute approximate surface area is 219 Å². The van der Waals surface area contributed by atoms with Crippen LogP contribution < -0.4 is 14.2 Å². The van der Waals surface area contributed by atoms with Crippen molar-refractivity contribution in [2.45, 2.75) is 37.4 Å². The van der Waals surface area contributed by atoms with Gasteiger partial charge in [0.25, 0.3) is 0 Å². The third-order valence-corrected chi connectivity index (χ3v) is 8.28. The molecule has 2 aromatic carbocycles. The Kier molecular flexibility index (Phi) is 6.22.